The minimum absolute atomic E-state index is 0.948. The predicted octanol–water partition coefficient (Wildman–Crippen LogP) is -2.60. The molecule has 0 spiro atoms. The highest BCUT2D eigenvalue weighted by Gasteiger charge is 2.42. The molecule has 0 bridgehead atoms. The summed E-state index contributed by atoms with van der Waals surface area (Å²) in [7, 11) is 0. The molecule has 0 aliphatic heterocycles. The Morgan fingerprint density at radius 1 is 1.36 bits per heavy atom. The number of carbonyl (C=O) groups excluding carboxylic acids is 1. The van der Waals surface area contributed by atoms with Gasteiger partial charge in [0.2, 0.25) is 0 Å². The molecule has 0 rings (SSSR count). The van der Waals surface area contributed by atoms with Crippen molar-refractivity contribution in [1.29, 1.82) is 0 Å². The number of aliphatic hydroxyl groups is 5. The Hall–Kier alpha value is -0.530. The van der Waals surface area contributed by atoms with Crippen LogP contribution in [0.25, 0.3) is 0 Å². The van der Waals surface area contributed by atoms with Crippen molar-refractivity contribution in [2.45, 2.75) is 37.8 Å². The van der Waals surface area contributed by atoms with Crippen molar-refractivity contribution in [1.82, 2.24) is 0 Å². The second-order valence-corrected chi connectivity index (χ2v) is 3.40. The van der Waals surface area contributed by atoms with Gasteiger partial charge in [0.25, 0.3) is 0 Å². The van der Waals surface area contributed by atoms with Gasteiger partial charge in [0.05, 0.1) is 6.10 Å². The van der Waals surface area contributed by atoms with Crippen LogP contribution >= 0.6 is 0 Å². The zero-order chi connectivity index (χ0) is 11.5. The van der Waals surface area contributed by atoms with Gasteiger partial charge in [-0.05, 0) is 13.8 Å². The van der Waals surface area contributed by atoms with E-state index in [2.05, 4.69) is 0 Å². The zero-order valence-electron chi connectivity index (χ0n) is 8.08. The summed E-state index contributed by atoms with van der Waals surface area (Å²) >= 11 is 0. The molecule has 0 aromatic heterocycles. The molecule has 0 saturated carbocycles. The van der Waals surface area contributed by atoms with Crippen LogP contribution in [0.1, 0.15) is 13.8 Å². The van der Waals surface area contributed by atoms with Gasteiger partial charge in [-0.25, -0.2) is 0 Å². The van der Waals surface area contributed by atoms with E-state index in [0.29, 0.717) is 0 Å². The lowest BCUT2D eigenvalue weighted by atomic mass is 9.89. The number of ketones is 1. The molecule has 0 aliphatic rings. The van der Waals surface area contributed by atoms with Gasteiger partial charge < -0.3 is 25.5 Å². The van der Waals surface area contributed by atoms with E-state index in [0.717, 1.165) is 6.92 Å². The van der Waals surface area contributed by atoms with Crippen LogP contribution in [0, 0.1) is 0 Å². The van der Waals surface area contributed by atoms with E-state index in [1.54, 1.807) is 0 Å². The summed E-state index contributed by atoms with van der Waals surface area (Å²) in [6.07, 6.45) is -4.79. The minimum atomic E-state index is -2.27. The van der Waals surface area contributed by atoms with Crippen LogP contribution in [0.4, 0.5) is 0 Å². The maximum Gasteiger partial charge on any atom is 0.192 e. The van der Waals surface area contributed by atoms with E-state index >= 15 is 0 Å². The van der Waals surface area contributed by atoms with Gasteiger partial charge >= 0.3 is 0 Å². The molecule has 0 saturated heterocycles. The van der Waals surface area contributed by atoms with Gasteiger partial charge in [-0.2, -0.15) is 0 Å². The van der Waals surface area contributed by atoms with Crippen LogP contribution in [0.2, 0.25) is 0 Å². The van der Waals surface area contributed by atoms with Crippen molar-refractivity contribution >= 4 is 5.78 Å². The SMILES string of the molecule is CC(O)[C@@H](O)[C@@H](O)[C@](C)(O)C(=O)CO. The molecule has 6 heteroatoms. The van der Waals surface area contributed by atoms with E-state index in [9.17, 15) is 20.1 Å². The highest BCUT2D eigenvalue weighted by Crippen LogP contribution is 2.16. The molecule has 0 amide bonds. The largest absolute Gasteiger partial charge is 0.391 e. The number of aliphatic hydroxyl groups excluding tert-OH is 4. The van der Waals surface area contributed by atoms with E-state index in [4.69, 9.17) is 10.2 Å². The zero-order valence-corrected chi connectivity index (χ0v) is 8.08. The Bertz CT molecular complexity index is 200. The third kappa shape index (κ3) is 2.73. The Labute approximate surface area is 81.4 Å². The summed E-state index contributed by atoms with van der Waals surface area (Å²) in [6.45, 7) is 1.21. The van der Waals surface area contributed by atoms with Crippen molar-refractivity contribution in [2.75, 3.05) is 6.61 Å². The van der Waals surface area contributed by atoms with Crippen LogP contribution in [-0.2, 0) is 4.79 Å². The standard InChI is InChI=1S/C8H16O6/c1-4(10)6(12)7(13)8(2,14)5(11)3-9/h4,6-7,9-10,12-14H,3H2,1-2H3/t4?,6-,7-,8-/m1/s1. The summed E-state index contributed by atoms with van der Waals surface area (Å²) < 4.78 is 0. The Kier molecular flexibility index (Phi) is 4.63. The maximum atomic E-state index is 10.9. The van der Waals surface area contributed by atoms with Crippen molar-refractivity contribution in [2.24, 2.45) is 0 Å². The third-order valence-electron chi connectivity index (χ3n) is 2.10. The van der Waals surface area contributed by atoms with Crippen LogP contribution < -0.4 is 0 Å². The third-order valence-corrected chi connectivity index (χ3v) is 2.10. The Morgan fingerprint density at radius 2 is 1.79 bits per heavy atom. The first-order chi connectivity index (χ1) is 6.25. The van der Waals surface area contributed by atoms with Crippen molar-refractivity contribution in [3.63, 3.8) is 0 Å². The molecular formula is C8H16O6. The normalized spacial score (nSPS) is 22.2. The summed E-state index contributed by atoms with van der Waals surface area (Å²) in [5.41, 5.74) is -2.27. The van der Waals surface area contributed by atoms with E-state index in [-0.39, 0.29) is 0 Å². The number of rotatable bonds is 5. The molecule has 6 nitrogen and oxygen atoms in total. The quantitative estimate of drug-likeness (QED) is 0.338. The van der Waals surface area contributed by atoms with Crippen molar-refractivity contribution in [3.05, 3.63) is 0 Å². The predicted molar refractivity (Wildman–Crippen MR) is 46.4 cm³/mol. The molecule has 0 heterocycles. The van der Waals surface area contributed by atoms with Gasteiger partial charge in [0.1, 0.15) is 18.8 Å². The summed E-state index contributed by atoms with van der Waals surface area (Å²) in [5, 5.41) is 45.3. The van der Waals surface area contributed by atoms with Gasteiger partial charge in [0, 0.05) is 0 Å². The molecule has 1 unspecified atom stereocenters. The average Bonchev–Trinajstić information content (AvgIpc) is 2.13. The monoisotopic (exact) mass is 208 g/mol. The van der Waals surface area contributed by atoms with Crippen molar-refractivity contribution in [3.8, 4) is 0 Å². The average molecular weight is 208 g/mol. The molecule has 0 radical (unpaired) electrons. The summed E-state index contributed by atoms with van der Waals surface area (Å²) in [4.78, 5) is 10.9. The molecule has 0 aliphatic carbocycles. The lowest BCUT2D eigenvalue weighted by molar-refractivity contribution is -0.168. The van der Waals surface area contributed by atoms with E-state index in [1.807, 2.05) is 0 Å². The Morgan fingerprint density at radius 3 is 2.07 bits per heavy atom. The van der Waals surface area contributed by atoms with E-state index < -0.39 is 36.3 Å². The fourth-order valence-corrected chi connectivity index (χ4v) is 0.921. The first-order valence-electron chi connectivity index (χ1n) is 4.15. The second-order valence-electron chi connectivity index (χ2n) is 3.40. The lowest BCUT2D eigenvalue weighted by Crippen LogP contribution is -2.56. The first-order valence-corrected chi connectivity index (χ1v) is 4.15. The summed E-state index contributed by atoms with van der Waals surface area (Å²) in [5.74, 6) is -1.02. The molecule has 0 fully saturated rings. The van der Waals surface area contributed by atoms with Gasteiger partial charge in [-0.1, -0.05) is 0 Å². The number of hydrogen-bond donors (Lipinski definition) is 5. The topological polar surface area (TPSA) is 118 Å². The van der Waals surface area contributed by atoms with Crippen LogP contribution in [0.15, 0.2) is 0 Å². The summed E-state index contributed by atoms with van der Waals surface area (Å²) in [6, 6.07) is 0. The smallest absolute Gasteiger partial charge is 0.192 e. The van der Waals surface area contributed by atoms with Crippen molar-refractivity contribution < 1.29 is 30.3 Å². The number of hydrogen-bond acceptors (Lipinski definition) is 6. The minimum Gasteiger partial charge on any atom is -0.391 e. The fourth-order valence-electron chi connectivity index (χ4n) is 0.921. The van der Waals surface area contributed by atoms with Gasteiger partial charge in [-0.15, -0.1) is 0 Å². The van der Waals surface area contributed by atoms with E-state index in [1.165, 1.54) is 6.92 Å². The molecule has 0 aromatic carbocycles. The van der Waals surface area contributed by atoms with Crippen LogP contribution in [0.5, 0.6) is 0 Å². The number of Topliss-reactive ketones (excluding diaryl/α,β-unsaturated/α-hetero) is 1. The van der Waals surface area contributed by atoms with Crippen LogP contribution in [-0.4, -0.2) is 61.8 Å². The molecule has 4 atom stereocenters. The number of carbonyl (C=O) groups is 1. The molecular weight excluding hydrogens is 192 g/mol. The van der Waals surface area contributed by atoms with Crippen LogP contribution in [0.3, 0.4) is 0 Å². The molecule has 84 valence electrons. The highest BCUT2D eigenvalue weighted by atomic mass is 16.4. The second kappa shape index (κ2) is 4.81. The van der Waals surface area contributed by atoms with Gasteiger partial charge in [-0.3, -0.25) is 4.79 Å². The van der Waals surface area contributed by atoms with Gasteiger partial charge in [0.15, 0.2) is 11.4 Å². The fraction of sp³-hybridized carbons (Fsp3) is 0.875. The molecule has 14 heavy (non-hydrogen) atoms. The lowest BCUT2D eigenvalue weighted by Gasteiger charge is -2.31. The highest BCUT2D eigenvalue weighted by molar-refractivity contribution is 5.88. The first kappa shape index (κ1) is 13.5. The Balaban J connectivity index is 4.65. The molecule has 0 aromatic rings. The maximum absolute atomic E-state index is 10.9. The molecule has 5 N–H and O–H groups in total.